The van der Waals surface area contributed by atoms with Crippen LogP contribution in [-0.4, -0.2) is 10.6 Å². The van der Waals surface area contributed by atoms with E-state index in [9.17, 15) is 0 Å². The van der Waals surface area contributed by atoms with Gasteiger partial charge in [-0.25, -0.2) is 0 Å². The molecule has 1 aromatic carbocycles. The molecule has 0 unspecified atom stereocenters. The summed E-state index contributed by atoms with van der Waals surface area (Å²) in [5.41, 5.74) is 5.47. The van der Waals surface area contributed by atoms with Crippen LogP contribution in [-0.2, 0) is 13.6 Å². The molecule has 0 radical (unpaired) electrons. The van der Waals surface area contributed by atoms with Gasteiger partial charge in [0.05, 0.1) is 0 Å². The highest BCUT2D eigenvalue weighted by atomic mass is 15.0. The molecule has 0 spiro atoms. The summed E-state index contributed by atoms with van der Waals surface area (Å²) in [5, 5.41) is 4.98. The van der Waals surface area contributed by atoms with Gasteiger partial charge in [-0.1, -0.05) is 6.07 Å². The van der Waals surface area contributed by atoms with Crippen LogP contribution in [0.1, 0.15) is 29.7 Å². The van der Waals surface area contributed by atoms with Gasteiger partial charge in [-0.05, 0) is 49.9 Å². The lowest BCUT2D eigenvalue weighted by molar-refractivity contribution is 0.655. The fourth-order valence-corrected chi connectivity index (χ4v) is 2.55. The minimum Gasteiger partial charge on any atom is -0.346 e. The van der Waals surface area contributed by atoms with Gasteiger partial charge in [0, 0.05) is 36.2 Å². The van der Waals surface area contributed by atoms with Gasteiger partial charge < -0.3 is 9.88 Å². The number of nitrogens with one attached hydrogen (secondary N) is 1. The van der Waals surface area contributed by atoms with Crippen molar-refractivity contribution in [2.24, 2.45) is 7.05 Å². The quantitative estimate of drug-likeness (QED) is 0.854. The van der Waals surface area contributed by atoms with Gasteiger partial charge in [-0.3, -0.25) is 0 Å². The zero-order chi connectivity index (χ0) is 12.0. The maximum atomic E-state index is 3.59. The Bertz CT molecular complexity index is 562. The molecule has 1 aromatic heterocycles. The molecule has 2 heteroatoms. The lowest BCUT2D eigenvalue weighted by atomic mass is 10.1. The van der Waals surface area contributed by atoms with E-state index in [4.69, 9.17) is 0 Å². The monoisotopic (exact) mass is 228 g/mol. The second kappa shape index (κ2) is 3.88. The molecule has 2 aromatic rings. The molecular weight excluding hydrogens is 208 g/mol. The Morgan fingerprint density at radius 3 is 2.71 bits per heavy atom. The zero-order valence-corrected chi connectivity index (χ0v) is 10.9. The number of aromatic nitrogens is 1. The normalized spacial score (nSPS) is 15.7. The molecule has 17 heavy (non-hydrogen) atoms. The molecule has 1 aliphatic rings. The number of hydrogen-bond acceptors (Lipinski definition) is 1. The van der Waals surface area contributed by atoms with Crippen LogP contribution >= 0.6 is 0 Å². The van der Waals surface area contributed by atoms with Crippen molar-refractivity contribution < 1.29 is 0 Å². The van der Waals surface area contributed by atoms with Crippen molar-refractivity contribution in [3.05, 3.63) is 35.0 Å². The van der Waals surface area contributed by atoms with Gasteiger partial charge in [0.25, 0.3) is 0 Å². The van der Waals surface area contributed by atoms with Crippen LogP contribution in [0, 0.1) is 13.8 Å². The van der Waals surface area contributed by atoms with E-state index in [2.05, 4.69) is 49.0 Å². The van der Waals surface area contributed by atoms with Gasteiger partial charge in [0.2, 0.25) is 0 Å². The summed E-state index contributed by atoms with van der Waals surface area (Å²) < 4.78 is 2.32. The molecular formula is C15H20N2. The highest BCUT2D eigenvalue weighted by molar-refractivity contribution is 5.85. The van der Waals surface area contributed by atoms with Gasteiger partial charge in [-0.2, -0.15) is 0 Å². The molecule has 0 saturated heterocycles. The first-order chi connectivity index (χ1) is 8.15. The number of benzene rings is 1. The van der Waals surface area contributed by atoms with Crippen molar-refractivity contribution >= 4 is 10.9 Å². The second-order valence-corrected chi connectivity index (χ2v) is 5.36. The van der Waals surface area contributed by atoms with E-state index < -0.39 is 0 Å². The van der Waals surface area contributed by atoms with Crippen LogP contribution < -0.4 is 5.32 Å². The molecule has 0 amide bonds. The number of nitrogens with zero attached hydrogens (tertiary/aromatic N) is 1. The standard InChI is InChI=1S/C15H20N2/c1-10-6-11(2)14-8-13(9-16-12-4-5-12)17(3)15(14)7-10/h6-8,12,16H,4-5,9H2,1-3H3. The lowest BCUT2D eigenvalue weighted by Crippen LogP contribution is -2.17. The molecule has 90 valence electrons. The molecule has 1 N–H and O–H groups in total. The third kappa shape index (κ3) is 1.98. The van der Waals surface area contributed by atoms with Crippen molar-refractivity contribution in [3.8, 4) is 0 Å². The van der Waals surface area contributed by atoms with Crippen molar-refractivity contribution in [1.29, 1.82) is 0 Å². The molecule has 1 aliphatic carbocycles. The minimum atomic E-state index is 0.774. The fraction of sp³-hybridized carbons (Fsp3) is 0.467. The predicted octanol–water partition coefficient (Wildman–Crippen LogP) is 3.05. The molecule has 0 aliphatic heterocycles. The van der Waals surface area contributed by atoms with Gasteiger partial charge >= 0.3 is 0 Å². The minimum absolute atomic E-state index is 0.774. The van der Waals surface area contributed by atoms with Gasteiger partial charge in [0.1, 0.15) is 0 Å². The highest BCUT2D eigenvalue weighted by Gasteiger charge is 2.20. The van der Waals surface area contributed by atoms with Crippen molar-refractivity contribution in [3.63, 3.8) is 0 Å². The van der Waals surface area contributed by atoms with E-state index in [-0.39, 0.29) is 0 Å². The molecule has 2 nitrogen and oxygen atoms in total. The van der Waals surface area contributed by atoms with E-state index in [1.807, 2.05) is 0 Å². The van der Waals surface area contributed by atoms with Gasteiger partial charge in [0.15, 0.2) is 0 Å². The maximum absolute atomic E-state index is 3.59. The Kier molecular flexibility index (Phi) is 2.48. The van der Waals surface area contributed by atoms with Crippen LogP contribution in [0.3, 0.4) is 0 Å². The Labute approximate surface area is 103 Å². The Hall–Kier alpha value is -1.28. The average molecular weight is 228 g/mol. The fourth-order valence-electron chi connectivity index (χ4n) is 2.55. The SMILES string of the molecule is Cc1cc(C)c2cc(CNC3CC3)n(C)c2c1. The number of hydrogen-bond donors (Lipinski definition) is 1. The summed E-state index contributed by atoms with van der Waals surface area (Å²) in [5.74, 6) is 0. The van der Waals surface area contributed by atoms with E-state index in [1.54, 1.807) is 0 Å². The number of aryl methyl sites for hydroxylation is 3. The Balaban J connectivity index is 2.01. The number of fused-ring (bicyclic) bond motifs is 1. The predicted molar refractivity (Wildman–Crippen MR) is 72.3 cm³/mol. The van der Waals surface area contributed by atoms with E-state index in [1.165, 1.54) is 40.6 Å². The van der Waals surface area contributed by atoms with Gasteiger partial charge in [-0.15, -0.1) is 0 Å². The van der Waals surface area contributed by atoms with Crippen molar-refractivity contribution in [2.45, 2.75) is 39.3 Å². The Morgan fingerprint density at radius 1 is 1.24 bits per heavy atom. The van der Waals surface area contributed by atoms with Crippen LogP contribution in [0.5, 0.6) is 0 Å². The first-order valence-electron chi connectivity index (χ1n) is 6.44. The summed E-state index contributed by atoms with van der Waals surface area (Å²) >= 11 is 0. The first-order valence-corrected chi connectivity index (χ1v) is 6.44. The van der Waals surface area contributed by atoms with Crippen LogP contribution in [0.15, 0.2) is 18.2 Å². The summed E-state index contributed by atoms with van der Waals surface area (Å²) in [6.45, 7) is 5.36. The largest absolute Gasteiger partial charge is 0.346 e. The summed E-state index contributed by atoms with van der Waals surface area (Å²) in [7, 11) is 2.17. The first kappa shape index (κ1) is 10.8. The molecule has 1 fully saturated rings. The lowest BCUT2D eigenvalue weighted by Gasteiger charge is -2.05. The molecule has 3 rings (SSSR count). The van der Waals surface area contributed by atoms with Crippen LogP contribution in [0.2, 0.25) is 0 Å². The summed E-state index contributed by atoms with van der Waals surface area (Å²) in [6, 6.07) is 7.65. The maximum Gasteiger partial charge on any atom is 0.0485 e. The number of rotatable bonds is 3. The molecule has 0 atom stereocenters. The van der Waals surface area contributed by atoms with Crippen LogP contribution in [0.4, 0.5) is 0 Å². The summed E-state index contributed by atoms with van der Waals surface area (Å²) in [4.78, 5) is 0. The van der Waals surface area contributed by atoms with E-state index in [0.29, 0.717) is 0 Å². The highest BCUT2D eigenvalue weighted by Crippen LogP contribution is 2.25. The zero-order valence-electron chi connectivity index (χ0n) is 10.9. The van der Waals surface area contributed by atoms with Crippen LogP contribution in [0.25, 0.3) is 10.9 Å². The topological polar surface area (TPSA) is 17.0 Å². The molecule has 1 saturated carbocycles. The van der Waals surface area contributed by atoms with E-state index in [0.717, 1.165) is 12.6 Å². The average Bonchev–Trinajstić information content (AvgIpc) is 3.04. The van der Waals surface area contributed by atoms with Crippen molar-refractivity contribution in [1.82, 2.24) is 9.88 Å². The Morgan fingerprint density at radius 2 is 2.00 bits per heavy atom. The van der Waals surface area contributed by atoms with E-state index >= 15 is 0 Å². The third-order valence-corrected chi connectivity index (χ3v) is 3.76. The molecule has 0 bridgehead atoms. The molecule has 1 heterocycles. The summed E-state index contributed by atoms with van der Waals surface area (Å²) in [6.07, 6.45) is 2.70. The third-order valence-electron chi connectivity index (χ3n) is 3.76. The smallest absolute Gasteiger partial charge is 0.0485 e. The van der Waals surface area contributed by atoms with Crippen molar-refractivity contribution in [2.75, 3.05) is 0 Å². The second-order valence-electron chi connectivity index (χ2n) is 5.36.